The lowest BCUT2D eigenvalue weighted by Gasteiger charge is -2.17. The summed E-state index contributed by atoms with van der Waals surface area (Å²) >= 11 is 0. The van der Waals surface area contributed by atoms with Gasteiger partial charge in [0.2, 0.25) is 0 Å². The summed E-state index contributed by atoms with van der Waals surface area (Å²) in [4.78, 5) is 2.12. The maximum Gasteiger partial charge on any atom is 0.416 e. The Hall–Kier alpha value is -1.56. The Labute approximate surface area is 145 Å². The van der Waals surface area contributed by atoms with Crippen molar-refractivity contribution in [1.29, 1.82) is 0 Å². The number of benzene rings is 2. The second-order valence-corrected chi connectivity index (χ2v) is 6.07. The first-order valence-electron chi connectivity index (χ1n) is 7.62. The SMILES string of the molecule is Cl.N[C@@H]1CN(Cc2cccc(C(F)(F)F)c2)C[C@H]1c1ccccc1. The Morgan fingerprint density at radius 1 is 1.00 bits per heavy atom. The van der Waals surface area contributed by atoms with Gasteiger partial charge in [0, 0.05) is 31.6 Å². The van der Waals surface area contributed by atoms with E-state index in [-0.39, 0.29) is 24.4 Å². The Morgan fingerprint density at radius 3 is 2.38 bits per heavy atom. The van der Waals surface area contributed by atoms with Gasteiger partial charge in [-0.15, -0.1) is 12.4 Å². The van der Waals surface area contributed by atoms with E-state index in [4.69, 9.17) is 5.73 Å². The van der Waals surface area contributed by atoms with Crippen LogP contribution in [0.2, 0.25) is 0 Å². The van der Waals surface area contributed by atoms with E-state index in [9.17, 15) is 13.2 Å². The van der Waals surface area contributed by atoms with Gasteiger partial charge in [-0.2, -0.15) is 13.2 Å². The summed E-state index contributed by atoms with van der Waals surface area (Å²) in [5.74, 6) is 0.224. The van der Waals surface area contributed by atoms with Gasteiger partial charge in [0.1, 0.15) is 0 Å². The number of nitrogens with zero attached hydrogens (tertiary/aromatic N) is 1. The maximum atomic E-state index is 12.8. The fraction of sp³-hybridized carbons (Fsp3) is 0.333. The molecule has 130 valence electrons. The molecule has 2 N–H and O–H groups in total. The summed E-state index contributed by atoms with van der Waals surface area (Å²) in [6, 6.07) is 15.6. The third kappa shape index (κ3) is 4.29. The quantitative estimate of drug-likeness (QED) is 0.898. The van der Waals surface area contributed by atoms with Crippen LogP contribution in [0.5, 0.6) is 0 Å². The highest BCUT2D eigenvalue weighted by molar-refractivity contribution is 5.85. The minimum absolute atomic E-state index is 0. The molecular formula is C18H20ClF3N2. The minimum Gasteiger partial charge on any atom is -0.326 e. The molecular weight excluding hydrogens is 337 g/mol. The molecule has 3 rings (SSSR count). The first-order valence-corrected chi connectivity index (χ1v) is 7.62. The number of alkyl halides is 3. The molecule has 24 heavy (non-hydrogen) atoms. The largest absolute Gasteiger partial charge is 0.416 e. The monoisotopic (exact) mass is 356 g/mol. The van der Waals surface area contributed by atoms with Crippen molar-refractivity contribution in [3.8, 4) is 0 Å². The van der Waals surface area contributed by atoms with Crippen molar-refractivity contribution >= 4 is 12.4 Å². The third-order valence-corrected chi connectivity index (χ3v) is 4.33. The third-order valence-electron chi connectivity index (χ3n) is 4.33. The van der Waals surface area contributed by atoms with E-state index < -0.39 is 11.7 Å². The summed E-state index contributed by atoms with van der Waals surface area (Å²) < 4.78 is 38.4. The van der Waals surface area contributed by atoms with Crippen LogP contribution in [0.25, 0.3) is 0 Å². The van der Waals surface area contributed by atoms with Gasteiger partial charge >= 0.3 is 6.18 Å². The van der Waals surface area contributed by atoms with Gasteiger partial charge in [0.25, 0.3) is 0 Å². The number of hydrogen-bond acceptors (Lipinski definition) is 2. The number of rotatable bonds is 3. The van der Waals surface area contributed by atoms with Crippen LogP contribution in [-0.2, 0) is 12.7 Å². The molecule has 2 nitrogen and oxygen atoms in total. The van der Waals surface area contributed by atoms with Crippen LogP contribution in [0.3, 0.4) is 0 Å². The zero-order valence-corrected chi connectivity index (χ0v) is 13.9. The van der Waals surface area contributed by atoms with Gasteiger partial charge in [0.15, 0.2) is 0 Å². The van der Waals surface area contributed by atoms with Crippen LogP contribution in [-0.4, -0.2) is 24.0 Å². The summed E-state index contributed by atoms with van der Waals surface area (Å²) in [6.07, 6.45) is -4.30. The average Bonchev–Trinajstić information content (AvgIpc) is 2.88. The molecule has 1 aliphatic rings. The molecule has 0 bridgehead atoms. The number of likely N-dealkylation sites (tertiary alicyclic amines) is 1. The molecule has 2 aromatic carbocycles. The van der Waals surface area contributed by atoms with Crippen molar-refractivity contribution < 1.29 is 13.2 Å². The number of hydrogen-bond donors (Lipinski definition) is 1. The highest BCUT2D eigenvalue weighted by Crippen LogP contribution is 2.31. The lowest BCUT2D eigenvalue weighted by atomic mass is 9.95. The van der Waals surface area contributed by atoms with E-state index in [0.717, 1.165) is 12.6 Å². The van der Waals surface area contributed by atoms with E-state index in [1.54, 1.807) is 6.07 Å². The Kier molecular flexibility index (Phi) is 5.91. The van der Waals surface area contributed by atoms with E-state index in [1.165, 1.54) is 17.7 Å². The van der Waals surface area contributed by atoms with Gasteiger partial charge < -0.3 is 5.73 Å². The zero-order chi connectivity index (χ0) is 16.4. The molecule has 0 aliphatic carbocycles. The molecule has 1 fully saturated rings. The molecule has 1 heterocycles. The van der Waals surface area contributed by atoms with Crippen LogP contribution in [0, 0.1) is 0 Å². The summed E-state index contributed by atoms with van der Waals surface area (Å²) in [5.41, 5.74) is 7.49. The maximum absolute atomic E-state index is 12.8. The lowest BCUT2D eigenvalue weighted by Crippen LogP contribution is -2.28. The van der Waals surface area contributed by atoms with E-state index in [2.05, 4.69) is 17.0 Å². The standard InChI is InChI=1S/C18H19F3N2.ClH/c19-18(20,21)15-8-4-5-13(9-15)10-23-11-16(17(22)12-23)14-6-2-1-3-7-14;/h1-9,16-17H,10-12,22H2;1H/t16-,17+;/m0./s1. The van der Waals surface area contributed by atoms with Gasteiger partial charge in [-0.3, -0.25) is 4.90 Å². The van der Waals surface area contributed by atoms with Crippen molar-refractivity contribution in [3.63, 3.8) is 0 Å². The summed E-state index contributed by atoms with van der Waals surface area (Å²) in [5, 5.41) is 0. The molecule has 2 atom stereocenters. The van der Waals surface area contributed by atoms with Crippen LogP contribution < -0.4 is 5.73 Å². The van der Waals surface area contributed by atoms with Gasteiger partial charge in [-0.1, -0.05) is 48.5 Å². The summed E-state index contributed by atoms with van der Waals surface area (Å²) in [6.45, 7) is 1.94. The number of nitrogens with two attached hydrogens (primary N) is 1. The highest BCUT2D eigenvalue weighted by atomic mass is 35.5. The predicted molar refractivity (Wildman–Crippen MR) is 91.1 cm³/mol. The van der Waals surface area contributed by atoms with Gasteiger partial charge in [0.05, 0.1) is 5.56 Å². The Bertz CT molecular complexity index is 661. The first-order chi connectivity index (χ1) is 10.9. The van der Waals surface area contributed by atoms with Crippen LogP contribution in [0.1, 0.15) is 22.6 Å². The second-order valence-electron chi connectivity index (χ2n) is 6.07. The Balaban J connectivity index is 0.00000208. The average molecular weight is 357 g/mol. The predicted octanol–water partition coefficient (Wildman–Crippen LogP) is 4.05. The fourth-order valence-corrected chi connectivity index (χ4v) is 3.20. The van der Waals surface area contributed by atoms with Crippen LogP contribution in [0.15, 0.2) is 54.6 Å². The fourth-order valence-electron chi connectivity index (χ4n) is 3.20. The normalized spacial score (nSPS) is 21.5. The van der Waals surface area contributed by atoms with E-state index in [0.29, 0.717) is 18.7 Å². The molecule has 1 saturated heterocycles. The molecule has 1 aliphatic heterocycles. The Morgan fingerprint density at radius 2 is 1.71 bits per heavy atom. The zero-order valence-electron chi connectivity index (χ0n) is 13.0. The van der Waals surface area contributed by atoms with Crippen LogP contribution in [0.4, 0.5) is 13.2 Å². The van der Waals surface area contributed by atoms with Crippen molar-refractivity contribution in [2.75, 3.05) is 13.1 Å². The molecule has 0 aromatic heterocycles. The molecule has 0 amide bonds. The van der Waals surface area contributed by atoms with Crippen molar-refractivity contribution in [2.24, 2.45) is 5.73 Å². The van der Waals surface area contributed by atoms with Gasteiger partial charge in [-0.25, -0.2) is 0 Å². The molecule has 2 aromatic rings. The highest BCUT2D eigenvalue weighted by Gasteiger charge is 2.32. The molecule has 0 radical (unpaired) electrons. The topological polar surface area (TPSA) is 29.3 Å². The van der Waals surface area contributed by atoms with E-state index in [1.807, 2.05) is 18.2 Å². The van der Waals surface area contributed by atoms with Crippen molar-refractivity contribution in [1.82, 2.24) is 4.90 Å². The van der Waals surface area contributed by atoms with Crippen LogP contribution >= 0.6 is 12.4 Å². The molecule has 0 saturated carbocycles. The van der Waals surface area contributed by atoms with E-state index >= 15 is 0 Å². The second kappa shape index (κ2) is 7.55. The minimum atomic E-state index is -4.30. The van der Waals surface area contributed by atoms with Crippen molar-refractivity contribution in [2.45, 2.75) is 24.7 Å². The molecule has 0 unspecified atom stereocenters. The lowest BCUT2D eigenvalue weighted by molar-refractivity contribution is -0.137. The molecule has 6 heteroatoms. The van der Waals surface area contributed by atoms with Crippen molar-refractivity contribution in [3.05, 3.63) is 71.3 Å². The number of halogens is 4. The smallest absolute Gasteiger partial charge is 0.326 e. The summed E-state index contributed by atoms with van der Waals surface area (Å²) in [7, 11) is 0. The van der Waals surface area contributed by atoms with Gasteiger partial charge in [-0.05, 0) is 17.2 Å². The molecule has 0 spiro atoms. The first kappa shape index (κ1) is 18.8.